The van der Waals surface area contributed by atoms with Gasteiger partial charge in [0.15, 0.2) is 0 Å². The van der Waals surface area contributed by atoms with Crippen molar-refractivity contribution in [1.29, 1.82) is 0 Å². The van der Waals surface area contributed by atoms with Crippen molar-refractivity contribution in [1.82, 2.24) is 15.2 Å². The van der Waals surface area contributed by atoms with Gasteiger partial charge in [0.2, 0.25) is 5.95 Å². The van der Waals surface area contributed by atoms with E-state index in [-0.39, 0.29) is 0 Å². The van der Waals surface area contributed by atoms with E-state index >= 15 is 0 Å². The number of aromatic nitrogens is 3. The van der Waals surface area contributed by atoms with Gasteiger partial charge in [0.25, 0.3) is 0 Å². The van der Waals surface area contributed by atoms with E-state index in [0.29, 0.717) is 0 Å². The predicted molar refractivity (Wildman–Crippen MR) is 43.2 cm³/mol. The van der Waals surface area contributed by atoms with Gasteiger partial charge in [0, 0.05) is 6.54 Å². The van der Waals surface area contributed by atoms with Gasteiger partial charge < -0.3 is 11.1 Å². The van der Waals surface area contributed by atoms with Gasteiger partial charge in [-0.3, -0.25) is 0 Å². The van der Waals surface area contributed by atoms with Crippen LogP contribution in [0.5, 0.6) is 0 Å². The first-order valence-corrected chi connectivity index (χ1v) is 3.73. The number of aromatic amines is 1. The molecule has 62 valence electrons. The maximum atomic E-state index is 5.32. The Balaban J connectivity index is 2.04. The third-order valence-corrected chi connectivity index (χ3v) is 1.34. The summed E-state index contributed by atoms with van der Waals surface area (Å²) in [4.78, 5) is 3.90. The third kappa shape index (κ3) is 2.99. The Kier molecular flexibility index (Phi) is 3.40. The molecule has 0 fully saturated rings. The Morgan fingerprint density at radius 2 is 2.45 bits per heavy atom. The van der Waals surface area contributed by atoms with Crippen molar-refractivity contribution < 1.29 is 0 Å². The van der Waals surface area contributed by atoms with Crippen LogP contribution in [0.3, 0.4) is 0 Å². The van der Waals surface area contributed by atoms with Crippen LogP contribution in [0, 0.1) is 0 Å². The van der Waals surface area contributed by atoms with E-state index in [1.54, 1.807) is 0 Å². The second-order valence-electron chi connectivity index (χ2n) is 2.26. The minimum Gasteiger partial charge on any atom is -0.355 e. The van der Waals surface area contributed by atoms with Crippen LogP contribution in [0.15, 0.2) is 6.33 Å². The lowest BCUT2D eigenvalue weighted by atomic mass is 10.3. The Labute approximate surface area is 65.4 Å². The number of hydrogen-bond acceptors (Lipinski definition) is 4. The maximum absolute atomic E-state index is 5.32. The highest BCUT2D eigenvalue weighted by atomic mass is 15.3. The van der Waals surface area contributed by atoms with Gasteiger partial charge in [-0.1, -0.05) is 0 Å². The minimum atomic E-state index is 0.724. The molecule has 0 spiro atoms. The Morgan fingerprint density at radius 1 is 1.55 bits per heavy atom. The fraction of sp³-hybridized carbons (Fsp3) is 0.667. The SMILES string of the molecule is NCCCCNc1ncn[nH]1. The molecule has 4 N–H and O–H groups in total. The fourth-order valence-corrected chi connectivity index (χ4v) is 0.767. The average Bonchev–Trinajstić information content (AvgIpc) is 2.50. The minimum absolute atomic E-state index is 0.724. The number of nitrogens with zero attached hydrogens (tertiary/aromatic N) is 2. The van der Waals surface area contributed by atoms with Crippen LogP contribution in [0.25, 0.3) is 0 Å². The molecule has 0 amide bonds. The second kappa shape index (κ2) is 4.68. The number of nitrogens with one attached hydrogen (secondary N) is 2. The highest BCUT2D eigenvalue weighted by molar-refractivity contribution is 5.19. The standard InChI is InChI=1S/C6H13N5/c7-3-1-2-4-8-6-9-5-10-11-6/h5H,1-4,7H2,(H2,8,9,10,11). The first-order chi connectivity index (χ1) is 5.43. The van der Waals surface area contributed by atoms with Gasteiger partial charge in [-0.2, -0.15) is 5.10 Å². The van der Waals surface area contributed by atoms with Crippen LogP contribution >= 0.6 is 0 Å². The average molecular weight is 155 g/mol. The normalized spacial score (nSPS) is 9.91. The van der Waals surface area contributed by atoms with Crippen LogP contribution in [0.4, 0.5) is 5.95 Å². The van der Waals surface area contributed by atoms with E-state index < -0.39 is 0 Å². The van der Waals surface area contributed by atoms with E-state index in [1.165, 1.54) is 6.33 Å². The summed E-state index contributed by atoms with van der Waals surface area (Å²) in [5, 5.41) is 9.48. The van der Waals surface area contributed by atoms with Gasteiger partial charge in [-0.15, -0.1) is 0 Å². The zero-order valence-corrected chi connectivity index (χ0v) is 6.38. The number of H-pyrrole nitrogens is 1. The summed E-state index contributed by atoms with van der Waals surface area (Å²) in [7, 11) is 0. The topological polar surface area (TPSA) is 79.6 Å². The van der Waals surface area contributed by atoms with E-state index in [1.807, 2.05) is 0 Å². The van der Waals surface area contributed by atoms with Crippen LogP contribution in [0.2, 0.25) is 0 Å². The molecular formula is C6H13N5. The van der Waals surface area contributed by atoms with Crippen molar-refractivity contribution >= 4 is 5.95 Å². The molecule has 1 aromatic rings. The molecule has 0 aromatic carbocycles. The van der Waals surface area contributed by atoms with Crippen molar-refractivity contribution in [3.05, 3.63) is 6.33 Å². The summed E-state index contributed by atoms with van der Waals surface area (Å²) >= 11 is 0. The molecule has 0 saturated carbocycles. The molecule has 0 aliphatic heterocycles. The number of nitrogens with two attached hydrogens (primary N) is 1. The van der Waals surface area contributed by atoms with E-state index in [4.69, 9.17) is 5.73 Å². The fourth-order valence-electron chi connectivity index (χ4n) is 0.767. The third-order valence-electron chi connectivity index (χ3n) is 1.34. The molecule has 0 aliphatic carbocycles. The lowest BCUT2D eigenvalue weighted by molar-refractivity contribution is 0.770. The molecule has 0 unspecified atom stereocenters. The number of hydrogen-bond donors (Lipinski definition) is 3. The van der Waals surface area contributed by atoms with Crippen molar-refractivity contribution in [3.63, 3.8) is 0 Å². The van der Waals surface area contributed by atoms with Crippen molar-refractivity contribution in [2.75, 3.05) is 18.4 Å². The maximum Gasteiger partial charge on any atom is 0.218 e. The molecule has 11 heavy (non-hydrogen) atoms. The van der Waals surface area contributed by atoms with E-state index in [0.717, 1.165) is 31.9 Å². The van der Waals surface area contributed by atoms with Crippen molar-refractivity contribution in [2.45, 2.75) is 12.8 Å². The van der Waals surface area contributed by atoms with Gasteiger partial charge in [0.1, 0.15) is 6.33 Å². The van der Waals surface area contributed by atoms with Crippen LogP contribution in [0.1, 0.15) is 12.8 Å². The van der Waals surface area contributed by atoms with Crippen LogP contribution in [-0.4, -0.2) is 28.3 Å². The van der Waals surface area contributed by atoms with Gasteiger partial charge >= 0.3 is 0 Å². The molecule has 1 heterocycles. The molecule has 5 nitrogen and oxygen atoms in total. The second-order valence-corrected chi connectivity index (χ2v) is 2.26. The van der Waals surface area contributed by atoms with Crippen LogP contribution < -0.4 is 11.1 Å². The van der Waals surface area contributed by atoms with Gasteiger partial charge in [0.05, 0.1) is 0 Å². The van der Waals surface area contributed by atoms with E-state index in [9.17, 15) is 0 Å². The summed E-state index contributed by atoms with van der Waals surface area (Å²) in [6.07, 6.45) is 3.59. The molecule has 1 rings (SSSR count). The molecule has 0 aliphatic rings. The summed E-state index contributed by atoms with van der Waals surface area (Å²) in [5.41, 5.74) is 5.32. The molecule has 1 aromatic heterocycles. The smallest absolute Gasteiger partial charge is 0.218 e. The van der Waals surface area contributed by atoms with Gasteiger partial charge in [-0.25, -0.2) is 10.1 Å². The number of unbranched alkanes of at least 4 members (excludes halogenated alkanes) is 1. The quantitative estimate of drug-likeness (QED) is 0.521. The summed E-state index contributed by atoms with van der Waals surface area (Å²) in [6.45, 7) is 1.64. The highest BCUT2D eigenvalue weighted by Crippen LogP contribution is 1.93. The molecule has 0 bridgehead atoms. The summed E-state index contributed by atoms with van der Waals surface area (Å²) in [5.74, 6) is 0.724. The van der Waals surface area contributed by atoms with Crippen LogP contribution in [-0.2, 0) is 0 Å². The van der Waals surface area contributed by atoms with Crippen molar-refractivity contribution in [2.24, 2.45) is 5.73 Å². The Bertz CT molecular complexity index is 171. The largest absolute Gasteiger partial charge is 0.355 e. The summed E-state index contributed by atoms with van der Waals surface area (Å²) < 4.78 is 0. The zero-order chi connectivity index (χ0) is 7.94. The van der Waals surface area contributed by atoms with E-state index in [2.05, 4.69) is 20.5 Å². The first-order valence-electron chi connectivity index (χ1n) is 3.73. The van der Waals surface area contributed by atoms with Crippen molar-refractivity contribution in [3.8, 4) is 0 Å². The highest BCUT2D eigenvalue weighted by Gasteiger charge is 1.91. The zero-order valence-electron chi connectivity index (χ0n) is 6.38. The lowest BCUT2D eigenvalue weighted by Gasteiger charge is -1.99. The Morgan fingerprint density at radius 3 is 3.09 bits per heavy atom. The molecular weight excluding hydrogens is 142 g/mol. The lowest BCUT2D eigenvalue weighted by Crippen LogP contribution is -2.06. The molecule has 0 saturated heterocycles. The summed E-state index contributed by atoms with van der Waals surface area (Å²) in [6, 6.07) is 0. The predicted octanol–water partition coefficient (Wildman–Crippen LogP) is -0.0445. The number of rotatable bonds is 5. The molecule has 0 radical (unpaired) electrons. The first kappa shape index (κ1) is 8.00. The molecule has 0 atom stereocenters. The molecule has 5 heteroatoms. The number of anilines is 1. The van der Waals surface area contributed by atoms with Gasteiger partial charge in [-0.05, 0) is 19.4 Å². The monoisotopic (exact) mass is 155 g/mol. The Hall–Kier alpha value is -1.10.